The predicted octanol–water partition coefficient (Wildman–Crippen LogP) is 2.95. The normalized spacial score (nSPS) is 16.5. The molecule has 3 heterocycles. The number of aromatic nitrogens is 8. The van der Waals surface area contributed by atoms with E-state index in [9.17, 15) is 0 Å². The fourth-order valence-corrected chi connectivity index (χ4v) is 3.87. The summed E-state index contributed by atoms with van der Waals surface area (Å²) < 4.78 is 5.31. The van der Waals surface area contributed by atoms with Gasteiger partial charge in [-0.2, -0.15) is 10.1 Å². The zero-order valence-electron chi connectivity index (χ0n) is 14.0. The molecule has 0 amide bonds. The Morgan fingerprint density at radius 1 is 1.28 bits per heavy atom. The number of aryl methyl sites for hydroxylation is 1. The van der Waals surface area contributed by atoms with Crippen LogP contribution in [0.2, 0.25) is 0 Å². The fraction of sp³-hybridized carbons (Fsp3) is 0.600. The number of H-pyrrole nitrogens is 2. The maximum Gasteiger partial charge on any atom is 0.240 e. The standard InChI is InChI=1S/C15H20N8OS/c1-9(14-19-13(23-24-14)12-16-8-17-21-12)25-15-18-11(20-22-15)7-6-10-4-2-3-5-10/h8-10H,2-7H2,1H3,(H,16,17,21)(H,18,20,22)/t9-/m0/s1. The molecule has 3 aromatic heterocycles. The summed E-state index contributed by atoms with van der Waals surface area (Å²) in [5.74, 6) is 3.20. The van der Waals surface area contributed by atoms with Crippen LogP contribution in [0.15, 0.2) is 16.0 Å². The molecule has 0 radical (unpaired) electrons. The van der Waals surface area contributed by atoms with Crippen LogP contribution in [0, 0.1) is 5.92 Å². The molecule has 4 rings (SSSR count). The van der Waals surface area contributed by atoms with Crippen LogP contribution in [-0.4, -0.2) is 40.5 Å². The van der Waals surface area contributed by atoms with Crippen LogP contribution < -0.4 is 0 Å². The van der Waals surface area contributed by atoms with Crippen molar-refractivity contribution in [3.8, 4) is 11.6 Å². The van der Waals surface area contributed by atoms with E-state index in [-0.39, 0.29) is 5.25 Å². The van der Waals surface area contributed by atoms with Gasteiger partial charge in [-0.05, 0) is 19.3 Å². The smallest absolute Gasteiger partial charge is 0.240 e. The van der Waals surface area contributed by atoms with E-state index >= 15 is 0 Å². The molecule has 1 aliphatic carbocycles. The minimum atomic E-state index is -0.0531. The predicted molar refractivity (Wildman–Crippen MR) is 90.6 cm³/mol. The van der Waals surface area contributed by atoms with Gasteiger partial charge in [-0.25, -0.2) is 9.97 Å². The van der Waals surface area contributed by atoms with E-state index < -0.39 is 0 Å². The van der Waals surface area contributed by atoms with Gasteiger partial charge in [-0.15, -0.1) is 5.10 Å². The van der Waals surface area contributed by atoms with E-state index in [0.29, 0.717) is 22.7 Å². The van der Waals surface area contributed by atoms with Gasteiger partial charge in [0.2, 0.25) is 16.9 Å². The topological polar surface area (TPSA) is 122 Å². The summed E-state index contributed by atoms with van der Waals surface area (Å²) in [5, 5.41) is 18.4. The first-order chi connectivity index (χ1) is 12.3. The Balaban J connectivity index is 1.34. The van der Waals surface area contributed by atoms with E-state index in [1.165, 1.54) is 50.2 Å². The number of hydrogen-bond donors (Lipinski definition) is 2. The minimum Gasteiger partial charge on any atom is -0.338 e. The van der Waals surface area contributed by atoms with Crippen LogP contribution in [0.25, 0.3) is 11.6 Å². The maximum atomic E-state index is 5.31. The molecule has 0 aromatic carbocycles. The van der Waals surface area contributed by atoms with Gasteiger partial charge in [-0.1, -0.05) is 42.6 Å². The molecule has 132 valence electrons. The van der Waals surface area contributed by atoms with Gasteiger partial charge in [0.25, 0.3) is 0 Å². The Labute approximate surface area is 148 Å². The van der Waals surface area contributed by atoms with Crippen molar-refractivity contribution >= 4 is 11.8 Å². The molecule has 1 fully saturated rings. The van der Waals surface area contributed by atoms with Crippen molar-refractivity contribution in [3.05, 3.63) is 18.0 Å². The highest BCUT2D eigenvalue weighted by Gasteiger charge is 2.20. The van der Waals surface area contributed by atoms with Crippen molar-refractivity contribution in [2.75, 3.05) is 0 Å². The second-order valence-corrected chi connectivity index (χ2v) is 7.61. The first kappa shape index (κ1) is 16.2. The lowest BCUT2D eigenvalue weighted by Gasteiger charge is -2.05. The van der Waals surface area contributed by atoms with Crippen molar-refractivity contribution < 1.29 is 4.52 Å². The number of nitrogens with one attached hydrogen (secondary N) is 2. The molecule has 1 atom stereocenters. The first-order valence-electron chi connectivity index (χ1n) is 8.55. The average Bonchev–Trinajstić information content (AvgIpc) is 3.40. The molecule has 3 aromatic rings. The molecular weight excluding hydrogens is 340 g/mol. The van der Waals surface area contributed by atoms with Crippen molar-refractivity contribution in [2.24, 2.45) is 5.92 Å². The van der Waals surface area contributed by atoms with E-state index in [2.05, 4.69) is 40.5 Å². The summed E-state index contributed by atoms with van der Waals surface area (Å²) in [5.41, 5.74) is 0. The molecule has 25 heavy (non-hydrogen) atoms. The summed E-state index contributed by atoms with van der Waals surface area (Å²) in [4.78, 5) is 12.9. The Morgan fingerprint density at radius 2 is 2.16 bits per heavy atom. The number of nitrogens with zero attached hydrogens (tertiary/aromatic N) is 6. The lowest BCUT2D eigenvalue weighted by atomic mass is 10.0. The summed E-state index contributed by atoms with van der Waals surface area (Å²) in [6, 6.07) is 0. The highest BCUT2D eigenvalue weighted by atomic mass is 32.2. The second kappa shape index (κ2) is 7.34. The monoisotopic (exact) mass is 360 g/mol. The summed E-state index contributed by atoms with van der Waals surface area (Å²) in [6.07, 6.45) is 9.03. The van der Waals surface area contributed by atoms with Crippen molar-refractivity contribution in [3.63, 3.8) is 0 Å². The SMILES string of the molecule is C[C@H](Sc1n[nH]c(CCC2CCCC2)n1)c1nc(-c2ncn[nH]2)no1. The zero-order valence-corrected chi connectivity index (χ0v) is 14.8. The summed E-state index contributed by atoms with van der Waals surface area (Å²) >= 11 is 1.49. The largest absolute Gasteiger partial charge is 0.338 e. The van der Waals surface area contributed by atoms with Gasteiger partial charge < -0.3 is 4.52 Å². The Kier molecular flexibility index (Phi) is 4.77. The zero-order chi connectivity index (χ0) is 17.1. The third-order valence-electron chi connectivity index (χ3n) is 4.47. The van der Waals surface area contributed by atoms with Crippen LogP contribution in [0.4, 0.5) is 0 Å². The third kappa shape index (κ3) is 3.89. The summed E-state index contributed by atoms with van der Waals surface area (Å²) in [7, 11) is 0. The number of rotatable bonds is 7. The molecule has 0 bridgehead atoms. The Bertz CT molecular complexity index is 792. The van der Waals surface area contributed by atoms with Gasteiger partial charge in [0.1, 0.15) is 12.2 Å². The minimum absolute atomic E-state index is 0.0531. The van der Waals surface area contributed by atoms with E-state index in [1.54, 1.807) is 0 Å². The highest BCUT2D eigenvalue weighted by Crippen LogP contribution is 2.33. The van der Waals surface area contributed by atoms with Gasteiger partial charge in [-0.3, -0.25) is 10.2 Å². The van der Waals surface area contributed by atoms with Crippen molar-refractivity contribution in [2.45, 2.75) is 55.9 Å². The van der Waals surface area contributed by atoms with Gasteiger partial charge in [0, 0.05) is 6.42 Å². The molecule has 1 aliphatic rings. The number of hydrogen-bond acceptors (Lipinski definition) is 8. The molecule has 2 N–H and O–H groups in total. The van der Waals surface area contributed by atoms with Crippen LogP contribution in [0.5, 0.6) is 0 Å². The molecule has 10 heteroatoms. The molecule has 1 saturated carbocycles. The van der Waals surface area contributed by atoms with E-state index in [1.807, 2.05) is 6.92 Å². The lowest BCUT2D eigenvalue weighted by Crippen LogP contribution is -1.97. The lowest BCUT2D eigenvalue weighted by molar-refractivity contribution is 0.380. The average molecular weight is 360 g/mol. The van der Waals surface area contributed by atoms with Crippen LogP contribution in [0.3, 0.4) is 0 Å². The highest BCUT2D eigenvalue weighted by molar-refractivity contribution is 7.99. The third-order valence-corrected chi connectivity index (χ3v) is 5.42. The van der Waals surface area contributed by atoms with Crippen molar-refractivity contribution in [1.29, 1.82) is 0 Å². The van der Waals surface area contributed by atoms with Gasteiger partial charge in [0.05, 0.1) is 5.25 Å². The van der Waals surface area contributed by atoms with E-state index in [0.717, 1.165) is 18.2 Å². The molecular formula is C15H20N8OS. The van der Waals surface area contributed by atoms with Crippen molar-refractivity contribution in [1.82, 2.24) is 40.5 Å². The number of aromatic amines is 2. The second-order valence-electron chi connectivity index (χ2n) is 6.30. The molecule has 0 aliphatic heterocycles. The number of thioether (sulfide) groups is 1. The maximum absolute atomic E-state index is 5.31. The molecule has 9 nitrogen and oxygen atoms in total. The molecule has 0 spiro atoms. The summed E-state index contributed by atoms with van der Waals surface area (Å²) in [6.45, 7) is 1.98. The fourth-order valence-electron chi connectivity index (χ4n) is 3.10. The quantitative estimate of drug-likeness (QED) is 0.617. The van der Waals surface area contributed by atoms with E-state index in [4.69, 9.17) is 4.52 Å². The first-order valence-corrected chi connectivity index (χ1v) is 9.43. The van der Waals surface area contributed by atoms with Crippen LogP contribution in [-0.2, 0) is 6.42 Å². The Morgan fingerprint density at radius 3 is 2.96 bits per heavy atom. The van der Waals surface area contributed by atoms with Crippen LogP contribution in [0.1, 0.15) is 56.0 Å². The van der Waals surface area contributed by atoms with Gasteiger partial charge >= 0.3 is 0 Å². The molecule has 0 unspecified atom stereocenters. The Hall–Kier alpha value is -2.23. The van der Waals surface area contributed by atoms with Crippen LogP contribution >= 0.6 is 11.8 Å². The molecule has 0 saturated heterocycles. The van der Waals surface area contributed by atoms with Gasteiger partial charge in [0.15, 0.2) is 5.82 Å².